The summed E-state index contributed by atoms with van der Waals surface area (Å²) in [5, 5.41) is 7.80. The summed E-state index contributed by atoms with van der Waals surface area (Å²) in [7, 11) is 3.45. The van der Waals surface area contributed by atoms with Gasteiger partial charge in [0.05, 0.1) is 24.4 Å². The molecule has 0 saturated heterocycles. The maximum atomic E-state index is 5.71. The number of thiazole rings is 1. The minimum atomic E-state index is 0. The van der Waals surface area contributed by atoms with Crippen LogP contribution in [-0.4, -0.2) is 44.8 Å². The zero-order chi connectivity index (χ0) is 19.5. The third-order valence-corrected chi connectivity index (χ3v) is 5.25. The zero-order valence-corrected chi connectivity index (χ0v) is 20.2. The quantitative estimate of drug-likeness (QED) is 0.217. The van der Waals surface area contributed by atoms with Gasteiger partial charge in [-0.1, -0.05) is 12.1 Å². The Balaban J connectivity index is 0.00000392. The lowest BCUT2D eigenvalue weighted by Crippen LogP contribution is -2.39. The van der Waals surface area contributed by atoms with Crippen LogP contribution in [0.1, 0.15) is 27.6 Å². The number of aryl methyl sites for hydroxylation is 2. The van der Waals surface area contributed by atoms with Crippen molar-refractivity contribution in [1.82, 2.24) is 15.6 Å². The Hall–Kier alpha value is -1.39. The lowest BCUT2D eigenvalue weighted by atomic mass is 10.2. The van der Waals surface area contributed by atoms with Crippen molar-refractivity contribution in [3.8, 4) is 5.75 Å². The van der Waals surface area contributed by atoms with Crippen LogP contribution >= 0.6 is 35.3 Å². The molecule has 1 aromatic heterocycles. The number of aromatic nitrogens is 1. The van der Waals surface area contributed by atoms with Crippen molar-refractivity contribution in [3.05, 3.63) is 45.4 Å². The van der Waals surface area contributed by atoms with Crippen molar-refractivity contribution in [2.24, 2.45) is 4.99 Å². The number of hydrogen-bond acceptors (Lipinski definition) is 5. The molecule has 0 aliphatic heterocycles. The van der Waals surface area contributed by atoms with Gasteiger partial charge in [-0.05, 0) is 38.0 Å². The number of halogens is 1. The van der Waals surface area contributed by atoms with Crippen molar-refractivity contribution in [3.63, 3.8) is 0 Å². The largest absolute Gasteiger partial charge is 0.497 e. The minimum absolute atomic E-state index is 0. The van der Waals surface area contributed by atoms with Crippen LogP contribution in [0, 0.1) is 13.8 Å². The second-order valence-corrected chi connectivity index (χ2v) is 7.47. The third kappa shape index (κ3) is 8.74. The Morgan fingerprint density at radius 2 is 1.86 bits per heavy atom. The van der Waals surface area contributed by atoms with Crippen LogP contribution in [0.2, 0.25) is 0 Å². The molecule has 0 aliphatic rings. The number of nitrogens with zero attached hydrogens (tertiary/aromatic N) is 2. The van der Waals surface area contributed by atoms with E-state index < -0.39 is 0 Å². The summed E-state index contributed by atoms with van der Waals surface area (Å²) in [4.78, 5) is 10.1. The highest BCUT2D eigenvalue weighted by Crippen LogP contribution is 2.16. The van der Waals surface area contributed by atoms with Gasteiger partial charge in [-0.2, -0.15) is 0 Å². The third-order valence-electron chi connectivity index (χ3n) is 4.11. The van der Waals surface area contributed by atoms with Gasteiger partial charge in [0, 0.05) is 38.0 Å². The van der Waals surface area contributed by atoms with Crippen LogP contribution in [0.25, 0.3) is 0 Å². The molecule has 2 rings (SSSR count). The maximum absolute atomic E-state index is 5.71. The molecule has 28 heavy (non-hydrogen) atoms. The van der Waals surface area contributed by atoms with Gasteiger partial charge in [0.15, 0.2) is 5.96 Å². The van der Waals surface area contributed by atoms with Gasteiger partial charge < -0.3 is 20.1 Å². The average Bonchev–Trinajstić information content (AvgIpc) is 3.01. The fourth-order valence-electron chi connectivity index (χ4n) is 2.45. The Labute approximate surface area is 189 Å². The molecule has 0 spiro atoms. The second-order valence-electron chi connectivity index (χ2n) is 6.18. The van der Waals surface area contributed by atoms with Crippen LogP contribution in [0.3, 0.4) is 0 Å². The van der Waals surface area contributed by atoms with Crippen LogP contribution in [-0.2, 0) is 17.8 Å². The van der Waals surface area contributed by atoms with Gasteiger partial charge in [-0.3, -0.25) is 4.99 Å². The smallest absolute Gasteiger partial charge is 0.190 e. The first-order chi connectivity index (χ1) is 13.1. The first kappa shape index (κ1) is 24.6. The molecule has 6 nitrogen and oxygen atoms in total. The number of rotatable bonds is 10. The number of ether oxygens (including phenoxy) is 2. The Morgan fingerprint density at radius 3 is 2.46 bits per heavy atom. The fourth-order valence-corrected chi connectivity index (χ4v) is 3.38. The standard InChI is InChI=1S/C20H30N4O2S.HI/c1-15-16(2)27-19(24-15)10-12-23-20(21-3)22-11-5-13-26-14-17-6-8-18(25-4)9-7-17;/h6-9H,5,10-14H2,1-4H3,(H2,21,22,23);1H. The summed E-state index contributed by atoms with van der Waals surface area (Å²) in [6.45, 7) is 7.12. The molecule has 156 valence electrons. The highest BCUT2D eigenvalue weighted by atomic mass is 127. The summed E-state index contributed by atoms with van der Waals surface area (Å²) in [5.41, 5.74) is 2.28. The molecular weight excluding hydrogens is 487 g/mol. The van der Waals surface area contributed by atoms with Gasteiger partial charge in [0.2, 0.25) is 0 Å². The second kappa shape index (κ2) is 13.7. The summed E-state index contributed by atoms with van der Waals surface area (Å²) in [6.07, 6.45) is 1.83. The molecular formula is C20H31IN4O2S. The molecule has 1 heterocycles. The summed E-state index contributed by atoms with van der Waals surface area (Å²) >= 11 is 1.77. The first-order valence-electron chi connectivity index (χ1n) is 9.20. The molecule has 0 amide bonds. The SMILES string of the molecule is CN=C(NCCCOCc1ccc(OC)cc1)NCCc1nc(C)c(C)s1.I. The van der Waals surface area contributed by atoms with Crippen molar-refractivity contribution in [2.75, 3.05) is 33.9 Å². The van der Waals surface area contributed by atoms with E-state index in [1.54, 1.807) is 25.5 Å². The van der Waals surface area contributed by atoms with Crippen molar-refractivity contribution >= 4 is 41.3 Å². The molecule has 0 radical (unpaired) electrons. The number of methoxy groups -OCH3 is 1. The van der Waals surface area contributed by atoms with E-state index in [4.69, 9.17) is 9.47 Å². The Kier molecular flexibility index (Phi) is 12.1. The van der Waals surface area contributed by atoms with E-state index >= 15 is 0 Å². The summed E-state index contributed by atoms with van der Waals surface area (Å²) < 4.78 is 10.9. The molecule has 0 unspecified atom stereocenters. The van der Waals surface area contributed by atoms with Crippen molar-refractivity contribution < 1.29 is 9.47 Å². The van der Waals surface area contributed by atoms with E-state index in [1.165, 1.54) is 9.88 Å². The number of benzene rings is 1. The molecule has 0 bridgehead atoms. The van der Waals surface area contributed by atoms with Crippen LogP contribution in [0.4, 0.5) is 0 Å². The highest BCUT2D eigenvalue weighted by Gasteiger charge is 2.04. The topological polar surface area (TPSA) is 67.8 Å². The van der Waals surface area contributed by atoms with Crippen molar-refractivity contribution in [1.29, 1.82) is 0 Å². The molecule has 1 aromatic carbocycles. The van der Waals surface area contributed by atoms with E-state index in [1.807, 2.05) is 24.3 Å². The number of guanidine groups is 1. The van der Waals surface area contributed by atoms with Gasteiger partial charge >= 0.3 is 0 Å². The number of nitrogens with one attached hydrogen (secondary N) is 2. The monoisotopic (exact) mass is 518 g/mol. The van der Waals surface area contributed by atoms with E-state index in [9.17, 15) is 0 Å². The molecule has 0 atom stereocenters. The summed E-state index contributed by atoms with van der Waals surface area (Å²) in [6, 6.07) is 7.94. The van der Waals surface area contributed by atoms with Gasteiger partial charge in [-0.15, -0.1) is 35.3 Å². The van der Waals surface area contributed by atoms with Crippen LogP contribution in [0.15, 0.2) is 29.3 Å². The average molecular weight is 518 g/mol. The minimum Gasteiger partial charge on any atom is -0.497 e. The van der Waals surface area contributed by atoms with E-state index in [2.05, 4.69) is 34.5 Å². The van der Waals surface area contributed by atoms with E-state index in [-0.39, 0.29) is 24.0 Å². The molecule has 8 heteroatoms. The molecule has 2 aromatic rings. The van der Waals surface area contributed by atoms with E-state index in [0.29, 0.717) is 13.2 Å². The number of hydrogen-bond donors (Lipinski definition) is 2. The lowest BCUT2D eigenvalue weighted by Gasteiger charge is -2.11. The Bertz CT molecular complexity index is 700. The maximum Gasteiger partial charge on any atom is 0.190 e. The highest BCUT2D eigenvalue weighted by molar-refractivity contribution is 14.0. The predicted octanol–water partition coefficient (Wildman–Crippen LogP) is 3.70. The molecule has 0 saturated carbocycles. The Morgan fingerprint density at radius 1 is 1.14 bits per heavy atom. The normalized spacial score (nSPS) is 11.1. The van der Waals surface area contributed by atoms with Crippen LogP contribution in [0.5, 0.6) is 5.75 Å². The van der Waals surface area contributed by atoms with Crippen LogP contribution < -0.4 is 15.4 Å². The van der Waals surface area contributed by atoms with Gasteiger partial charge in [0.25, 0.3) is 0 Å². The molecule has 0 aliphatic carbocycles. The lowest BCUT2D eigenvalue weighted by molar-refractivity contribution is 0.119. The first-order valence-corrected chi connectivity index (χ1v) is 10.0. The molecule has 2 N–H and O–H groups in total. The zero-order valence-electron chi connectivity index (χ0n) is 17.1. The summed E-state index contributed by atoms with van der Waals surface area (Å²) in [5.74, 6) is 1.68. The number of aliphatic imine (C=N–C) groups is 1. The fraction of sp³-hybridized carbons (Fsp3) is 0.500. The van der Waals surface area contributed by atoms with Crippen molar-refractivity contribution in [2.45, 2.75) is 33.3 Å². The van der Waals surface area contributed by atoms with Gasteiger partial charge in [-0.25, -0.2) is 4.98 Å². The van der Waals surface area contributed by atoms with Gasteiger partial charge in [0.1, 0.15) is 5.75 Å². The molecule has 0 fully saturated rings. The predicted molar refractivity (Wildman–Crippen MR) is 127 cm³/mol. The van der Waals surface area contributed by atoms with E-state index in [0.717, 1.165) is 48.9 Å².